The van der Waals surface area contributed by atoms with E-state index in [-0.39, 0.29) is 36.5 Å². The molecule has 192 valence electrons. The van der Waals surface area contributed by atoms with E-state index >= 15 is 0 Å². The molecule has 1 aromatic rings. The lowest BCUT2D eigenvalue weighted by molar-refractivity contribution is -0.186. The van der Waals surface area contributed by atoms with Gasteiger partial charge in [0.1, 0.15) is 11.6 Å². The van der Waals surface area contributed by atoms with Gasteiger partial charge in [0.15, 0.2) is 0 Å². The van der Waals surface area contributed by atoms with Gasteiger partial charge in [-0.3, -0.25) is 14.4 Å². The molecule has 2 amide bonds. The first-order valence-corrected chi connectivity index (χ1v) is 12.0. The number of alkyl halides is 3. The number of likely N-dealkylation sites (tertiary alicyclic amines) is 1. The highest BCUT2D eigenvalue weighted by Gasteiger charge is 2.44. The number of nitrogens with zero attached hydrogens (tertiary/aromatic N) is 1. The van der Waals surface area contributed by atoms with Crippen LogP contribution in [0, 0.1) is 5.82 Å². The van der Waals surface area contributed by atoms with Gasteiger partial charge in [0.2, 0.25) is 0 Å². The molecular formula is C25H36F4N2O3. The van der Waals surface area contributed by atoms with Crippen molar-refractivity contribution < 1.29 is 31.9 Å². The first-order chi connectivity index (χ1) is 16.1. The van der Waals surface area contributed by atoms with E-state index in [0.717, 1.165) is 0 Å². The van der Waals surface area contributed by atoms with E-state index in [2.05, 4.69) is 5.32 Å². The Kier molecular flexibility index (Phi) is 12.8. The molecule has 1 aromatic carbocycles. The van der Waals surface area contributed by atoms with Crippen molar-refractivity contribution in [3.63, 3.8) is 0 Å². The maximum absolute atomic E-state index is 14.7. The Labute approximate surface area is 199 Å². The maximum Gasteiger partial charge on any atom is 0.471 e. The molecule has 1 N–H and O–H groups in total. The summed E-state index contributed by atoms with van der Waals surface area (Å²) in [6, 6.07) is 4.05. The molecule has 34 heavy (non-hydrogen) atoms. The van der Waals surface area contributed by atoms with Crippen molar-refractivity contribution in [2.24, 2.45) is 0 Å². The highest BCUT2D eigenvalue weighted by atomic mass is 19.4. The summed E-state index contributed by atoms with van der Waals surface area (Å²) in [6.07, 6.45) is 4.72. The van der Waals surface area contributed by atoms with Gasteiger partial charge in [0.25, 0.3) is 5.91 Å². The molecular weight excluding hydrogens is 452 g/mol. The summed E-state index contributed by atoms with van der Waals surface area (Å²) in [5.74, 6) is -4.52. The van der Waals surface area contributed by atoms with Gasteiger partial charge in [-0.1, -0.05) is 64.5 Å². The van der Waals surface area contributed by atoms with Crippen molar-refractivity contribution in [3.05, 3.63) is 35.1 Å². The van der Waals surface area contributed by atoms with Crippen molar-refractivity contribution in [2.45, 2.75) is 84.2 Å². The zero-order valence-electron chi connectivity index (χ0n) is 20.3. The van der Waals surface area contributed by atoms with Crippen LogP contribution in [0.3, 0.4) is 0 Å². The topological polar surface area (TPSA) is 66.5 Å². The van der Waals surface area contributed by atoms with Crippen molar-refractivity contribution in [2.75, 3.05) is 19.6 Å². The zero-order valence-corrected chi connectivity index (χ0v) is 20.3. The van der Waals surface area contributed by atoms with Crippen LogP contribution in [0.2, 0.25) is 0 Å². The molecule has 1 atom stereocenters. The summed E-state index contributed by atoms with van der Waals surface area (Å²) in [7, 11) is 0. The average Bonchev–Trinajstić information content (AvgIpc) is 2.84. The number of amides is 2. The number of hydrogen-bond acceptors (Lipinski definition) is 3. The van der Waals surface area contributed by atoms with Crippen LogP contribution in [0.15, 0.2) is 18.2 Å². The second-order valence-corrected chi connectivity index (χ2v) is 8.30. The van der Waals surface area contributed by atoms with Crippen LogP contribution >= 0.6 is 0 Å². The lowest BCUT2D eigenvalue weighted by atomic mass is 9.89. The first-order valence-electron chi connectivity index (χ1n) is 12.0. The fraction of sp³-hybridized carbons (Fsp3) is 0.640. The smallest absolute Gasteiger partial charge is 0.345 e. The predicted octanol–water partition coefficient (Wildman–Crippen LogP) is 5.78. The number of carbonyl (C=O) groups excluding carboxylic acids is 3. The van der Waals surface area contributed by atoms with Crippen LogP contribution in [0.25, 0.3) is 0 Å². The third kappa shape index (κ3) is 9.43. The Morgan fingerprint density at radius 3 is 2.06 bits per heavy atom. The second-order valence-electron chi connectivity index (χ2n) is 8.30. The van der Waals surface area contributed by atoms with E-state index in [1.165, 1.54) is 63.6 Å². The standard InChI is InChI=1S/C17H18F4N2O3.C6H12.C2H6/c1-10(24)8-22-15(25)13-6-2-5-12(14(13)18)11-4-3-7-23(9-11)16(26)17(19,20)21;1-2-4-6-5-3-1;1-2/h2,5-6,11H,3-4,7-9H2,1H3,(H,22,25);1-6H2;1-2H3. The monoisotopic (exact) mass is 488 g/mol. The normalized spacial score (nSPS) is 18.0. The van der Waals surface area contributed by atoms with Gasteiger partial charge in [-0.25, -0.2) is 4.39 Å². The minimum atomic E-state index is -4.98. The number of carbonyl (C=O) groups is 3. The number of rotatable bonds is 4. The van der Waals surface area contributed by atoms with Crippen LogP contribution in [-0.2, 0) is 9.59 Å². The Morgan fingerprint density at radius 2 is 1.56 bits per heavy atom. The molecule has 2 aliphatic rings. The third-order valence-corrected chi connectivity index (χ3v) is 5.66. The largest absolute Gasteiger partial charge is 0.471 e. The van der Waals surface area contributed by atoms with E-state index in [1.54, 1.807) is 0 Å². The lowest BCUT2D eigenvalue weighted by Crippen LogP contribution is -2.46. The number of piperidine rings is 1. The number of benzene rings is 1. The summed E-state index contributed by atoms with van der Waals surface area (Å²) in [6.45, 7) is 4.70. The second kappa shape index (κ2) is 14.7. The van der Waals surface area contributed by atoms with E-state index in [9.17, 15) is 31.9 Å². The van der Waals surface area contributed by atoms with Crippen LogP contribution in [0.4, 0.5) is 17.6 Å². The molecule has 1 saturated carbocycles. The number of Topliss-reactive ketones (excluding diaryl/α,β-unsaturated/α-hetero) is 1. The molecule has 1 unspecified atom stereocenters. The highest BCUT2D eigenvalue weighted by Crippen LogP contribution is 2.32. The minimum Gasteiger partial charge on any atom is -0.345 e. The minimum absolute atomic E-state index is 0.0464. The molecule has 3 rings (SSSR count). The Bertz CT molecular complexity index is 796. The molecule has 2 fully saturated rings. The van der Waals surface area contributed by atoms with Gasteiger partial charge in [-0.2, -0.15) is 13.2 Å². The molecule has 1 aliphatic heterocycles. The molecule has 1 heterocycles. The Hall–Kier alpha value is -2.45. The molecule has 0 bridgehead atoms. The van der Waals surface area contributed by atoms with Crippen molar-refractivity contribution >= 4 is 17.6 Å². The molecule has 9 heteroatoms. The fourth-order valence-electron chi connectivity index (χ4n) is 4.00. The van der Waals surface area contributed by atoms with Crippen LogP contribution in [0.1, 0.15) is 94.0 Å². The van der Waals surface area contributed by atoms with Gasteiger partial charge in [-0.05, 0) is 31.4 Å². The summed E-state index contributed by atoms with van der Waals surface area (Å²) in [5, 5.41) is 2.27. The van der Waals surface area contributed by atoms with Crippen LogP contribution < -0.4 is 5.32 Å². The van der Waals surface area contributed by atoms with Crippen molar-refractivity contribution in [1.29, 1.82) is 0 Å². The molecule has 0 spiro atoms. The molecule has 0 aromatic heterocycles. The summed E-state index contributed by atoms with van der Waals surface area (Å²) < 4.78 is 52.6. The van der Waals surface area contributed by atoms with Gasteiger partial charge in [0, 0.05) is 19.0 Å². The predicted molar refractivity (Wildman–Crippen MR) is 123 cm³/mol. The van der Waals surface area contributed by atoms with E-state index in [1.807, 2.05) is 13.8 Å². The summed E-state index contributed by atoms with van der Waals surface area (Å²) in [4.78, 5) is 35.0. The summed E-state index contributed by atoms with van der Waals surface area (Å²) in [5.41, 5.74) is -0.205. The highest BCUT2D eigenvalue weighted by molar-refractivity contribution is 5.96. The van der Waals surface area contributed by atoms with Gasteiger partial charge < -0.3 is 10.2 Å². The van der Waals surface area contributed by atoms with E-state index < -0.39 is 29.7 Å². The number of hydrogen-bond donors (Lipinski definition) is 1. The van der Waals surface area contributed by atoms with Gasteiger partial charge in [0.05, 0.1) is 12.1 Å². The van der Waals surface area contributed by atoms with Gasteiger partial charge >= 0.3 is 12.1 Å². The molecule has 1 saturated heterocycles. The van der Waals surface area contributed by atoms with Crippen molar-refractivity contribution in [3.8, 4) is 0 Å². The molecule has 1 aliphatic carbocycles. The SMILES string of the molecule is C1CCCCC1.CC.CC(=O)CNC(=O)c1cccc(C2CCCN(C(=O)C(F)(F)F)C2)c1F. The van der Waals surface area contributed by atoms with Gasteiger partial charge in [-0.15, -0.1) is 0 Å². The van der Waals surface area contributed by atoms with Crippen LogP contribution in [0.5, 0.6) is 0 Å². The third-order valence-electron chi connectivity index (χ3n) is 5.66. The Morgan fingerprint density at radius 1 is 1.00 bits per heavy atom. The average molecular weight is 489 g/mol. The quantitative estimate of drug-likeness (QED) is 0.547. The number of nitrogens with one attached hydrogen (secondary N) is 1. The number of halogens is 4. The van der Waals surface area contributed by atoms with E-state index in [4.69, 9.17) is 0 Å². The van der Waals surface area contributed by atoms with Crippen LogP contribution in [-0.4, -0.2) is 48.3 Å². The maximum atomic E-state index is 14.7. The molecule has 0 radical (unpaired) electrons. The van der Waals surface area contributed by atoms with Crippen molar-refractivity contribution in [1.82, 2.24) is 10.2 Å². The fourth-order valence-corrected chi connectivity index (χ4v) is 4.00. The zero-order chi connectivity index (χ0) is 25.7. The Balaban J connectivity index is 0.000000615. The molecule has 5 nitrogen and oxygen atoms in total. The van der Waals surface area contributed by atoms with E-state index in [0.29, 0.717) is 17.7 Å². The lowest BCUT2D eigenvalue weighted by Gasteiger charge is -2.33. The first kappa shape index (κ1) is 29.6. The number of ketones is 1. The summed E-state index contributed by atoms with van der Waals surface area (Å²) >= 11 is 0.